The Bertz CT molecular complexity index is 384. The highest BCUT2D eigenvalue weighted by molar-refractivity contribution is 6.35. The van der Waals surface area contributed by atoms with E-state index in [0.29, 0.717) is 10.0 Å². The molecule has 6 heteroatoms. The minimum Gasteiger partial charge on any atom is -0.480 e. The lowest BCUT2D eigenvalue weighted by atomic mass is 10.2. The third kappa shape index (κ3) is 3.64. The largest absolute Gasteiger partial charge is 0.480 e. The summed E-state index contributed by atoms with van der Waals surface area (Å²) in [5, 5.41) is 21.1. The zero-order chi connectivity index (χ0) is 12.1. The Kier molecular flexibility index (Phi) is 5.02. The third-order valence-corrected chi connectivity index (χ3v) is 2.62. The minimum atomic E-state index is -1.10. The second-order valence-electron chi connectivity index (χ2n) is 3.19. The molecule has 0 spiro atoms. The maximum atomic E-state index is 10.6. The van der Waals surface area contributed by atoms with E-state index in [4.69, 9.17) is 33.4 Å². The van der Waals surface area contributed by atoms with Gasteiger partial charge < -0.3 is 10.2 Å². The molecule has 16 heavy (non-hydrogen) atoms. The van der Waals surface area contributed by atoms with E-state index < -0.39 is 18.6 Å². The van der Waals surface area contributed by atoms with Crippen LogP contribution in [-0.2, 0) is 11.3 Å². The standard InChI is InChI=1S/C10H11Cl2NO3/c11-7-2-1-6(8(12)3-7)4-13-9(5-14)10(15)16/h1-3,9,13-14H,4-5H2,(H,15,16). The van der Waals surface area contributed by atoms with Gasteiger partial charge in [-0.2, -0.15) is 0 Å². The number of aliphatic hydroxyl groups is 1. The van der Waals surface area contributed by atoms with Gasteiger partial charge in [-0.3, -0.25) is 10.1 Å². The van der Waals surface area contributed by atoms with Gasteiger partial charge in [0.15, 0.2) is 0 Å². The van der Waals surface area contributed by atoms with Crippen LogP contribution in [0.5, 0.6) is 0 Å². The third-order valence-electron chi connectivity index (χ3n) is 2.03. The predicted octanol–water partition coefficient (Wildman–Crippen LogP) is 1.53. The van der Waals surface area contributed by atoms with Crippen molar-refractivity contribution in [3.05, 3.63) is 33.8 Å². The van der Waals surface area contributed by atoms with Gasteiger partial charge in [-0.15, -0.1) is 0 Å². The maximum absolute atomic E-state index is 10.6. The molecular weight excluding hydrogens is 253 g/mol. The molecule has 0 radical (unpaired) electrons. The Morgan fingerprint density at radius 3 is 2.62 bits per heavy atom. The molecule has 0 aromatic heterocycles. The fourth-order valence-electron chi connectivity index (χ4n) is 1.13. The van der Waals surface area contributed by atoms with Gasteiger partial charge in [-0.25, -0.2) is 0 Å². The fourth-order valence-corrected chi connectivity index (χ4v) is 1.60. The average molecular weight is 264 g/mol. The van der Waals surface area contributed by atoms with Gasteiger partial charge in [0.2, 0.25) is 0 Å². The van der Waals surface area contributed by atoms with Crippen molar-refractivity contribution < 1.29 is 15.0 Å². The molecule has 0 aliphatic heterocycles. The molecule has 1 aromatic carbocycles. The molecule has 1 atom stereocenters. The van der Waals surface area contributed by atoms with Gasteiger partial charge in [0.05, 0.1) is 6.61 Å². The summed E-state index contributed by atoms with van der Waals surface area (Å²) in [7, 11) is 0. The van der Waals surface area contributed by atoms with E-state index in [0.717, 1.165) is 5.56 Å². The Morgan fingerprint density at radius 2 is 2.12 bits per heavy atom. The van der Waals surface area contributed by atoms with Gasteiger partial charge in [-0.05, 0) is 17.7 Å². The van der Waals surface area contributed by atoms with Crippen molar-refractivity contribution in [1.29, 1.82) is 0 Å². The topological polar surface area (TPSA) is 69.6 Å². The number of carbonyl (C=O) groups is 1. The summed E-state index contributed by atoms with van der Waals surface area (Å²) < 4.78 is 0. The summed E-state index contributed by atoms with van der Waals surface area (Å²) in [6.45, 7) is -0.214. The van der Waals surface area contributed by atoms with Crippen LogP contribution in [0, 0.1) is 0 Å². The monoisotopic (exact) mass is 263 g/mol. The smallest absolute Gasteiger partial charge is 0.323 e. The van der Waals surface area contributed by atoms with Gasteiger partial charge in [0, 0.05) is 16.6 Å². The summed E-state index contributed by atoms with van der Waals surface area (Å²) in [4.78, 5) is 10.6. The lowest BCUT2D eigenvalue weighted by molar-refractivity contribution is -0.140. The van der Waals surface area contributed by atoms with Gasteiger partial charge in [-0.1, -0.05) is 29.3 Å². The second-order valence-corrected chi connectivity index (χ2v) is 4.03. The molecule has 0 fully saturated rings. The van der Waals surface area contributed by atoms with Crippen molar-refractivity contribution >= 4 is 29.2 Å². The lowest BCUT2D eigenvalue weighted by Gasteiger charge is -2.12. The van der Waals surface area contributed by atoms with Crippen LogP contribution in [0.4, 0.5) is 0 Å². The first-order chi connectivity index (χ1) is 7.54. The van der Waals surface area contributed by atoms with Crippen molar-refractivity contribution in [3.63, 3.8) is 0 Å². The SMILES string of the molecule is O=C(O)C(CO)NCc1ccc(Cl)cc1Cl. The van der Waals surface area contributed by atoms with E-state index >= 15 is 0 Å². The van der Waals surface area contributed by atoms with Crippen molar-refractivity contribution in [2.75, 3.05) is 6.61 Å². The zero-order valence-electron chi connectivity index (χ0n) is 8.28. The number of nitrogens with one attached hydrogen (secondary N) is 1. The van der Waals surface area contributed by atoms with Crippen molar-refractivity contribution in [3.8, 4) is 0 Å². The van der Waals surface area contributed by atoms with Gasteiger partial charge in [0.25, 0.3) is 0 Å². The van der Waals surface area contributed by atoms with E-state index in [2.05, 4.69) is 5.32 Å². The molecule has 0 heterocycles. The van der Waals surface area contributed by atoms with E-state index in [1.807, 2.05) is 0 Å². The molecule has 0 saturated heterocycles. The summed E-state index contributed by atoms with van der Waals surface area (Å²) in [6.07, 6.45) is 0. The highest BCUT2D eigenvalue weighted by atomic mass is 35.5. The number of hydrogen-bond acceptors (Lipinski definition) is 3. The molecule has 1 unspecified atom stereocenters. The molecule has 0 aliphatic rings. The number of aliphatic carboxylic acids is 1. The zero-order valence-corrected chi connectivity index (χ0v) is 9.79. The maximum Gasteiger partial charge on any atom is 0.323 e. The van der Waals surface area contributed by atoms with Crippen LogP contribution < -0.4 is 5.32 Å². The first-order valence-corrected chi connectivity index (χ1v) is 5.31. The highest BCUT2D eigenvalue weighted by Gasteiger charge is 2.15. The van der Waals surface area contributed by atoms with Crippen LogP contribution in [0.3, 0.4) is 0 Å². The quantitative estimate of drug-likeness (QED) is 0.754. The van der Waals surface area contributed by atoms with Crippen LogP contribution in [0.1, 0.15) is 5.56 Å². The number of carboxylic acid groups (broad SMARTS) is 1. The number of hydrogen-bond donors (Lipinski definition) is 3. The van der Waals surface area contributed by atoms with E-state index in [-0.39, 0.29) is 6.54 Å². The predicted molar refractivity (Wildman–Crippen MR) is 61.8 cm³/mol. The molecule has 88 valence electrons. The number of benzene rings is 1. The van der Waals surface area contributed by atoms with Crippen molar-refractivity contribution in [2.24, 2.45) is 0 Å². The van der Waals surface area contributed by atoms with Crippen LogP contribution >= 0.6 is 23.2 Å². The molecule has 3 N–H and O–H groups in total. The summed E-state index contributed by atoms with van der Waals surface area (Å²) in [5.74, 6) is -1.10. The van der Waals surface area contributed by atoms with E-state index in [1.54, 1.807) is 18.2 Å². The molecule has 1 aromatic rings. The van der Waals surface area contributed by atoms with E-state index in [1.165, 1.54) is 0 Å². The summed E-state index contributed by atoms with van der Waals surface area (Å²) in [6, 6.07) is 3.95. The van der Waals surface area contributed by atoms with Crippen LogP contribution in [-0.4, -0.2) is 28.8 Å². The fraction of sp³-hybridized carbons (Fsp3) is 0.300. The molecular formula is C10H11Cl2NO3. The number of rotatable bonds is 5. The molecule has 4 nitrogen and oxygen atoms in total. The first kappa shape index (κ1) is 13.3. The van der Waals surface area contributed by atoms with Gasteiger partial charge >= 0.3 is 5.97 Å². The normalized spacial score (nSPS) is 12.4. The number of carboxylic acids is 1. The van der Waals surface area contributed by atoms with Crippen molar-refractivity contribution in [1.82, 2.24) is 5.32 Å². The second kappa shape index (κ2) is 6.06. The number of aliphatic hydroxyl groups excluding tert-OH is 1. The summed E-state index contributed by atoms with van der Waals surface area (Å²) >= 11 is 11.6. The Morgan fingerprint density at radius 1 is 1.44 bits per heavy atom. The first-order valence-electron chi connectivity index (χ1n) is 4.55. The molecule has 1 rings (SSSR count). The van der Waals surface area contributed by atoms with Crippen LogP contribution in [0.15, 0.2) is 18.2 Å². The Labute approximate surface area is 103 Å². The van der Waals surface area contributed by atoms with Crippen molar-refractivity contribution in [2.45, 2.75) is 12.6 Å². The Balaban J connectivity index is 2.63. The number of halogens is 2. The average Bonchev–Trinajstić information content (AvgIpc) is 2.21. The summed E-state index contributed by atoms with van der Waals surface area (Å²) in [5.41, 5.74) is 0.728. The van der Waals surface area contributed by atoms with E-state index in [9.17, 15) is 4.79 Å². The van der Waals surface area contributed by atoms with Gasteiger partial charge in [0.1, 0.15) is 6.04 Å². The molecule has 0 bridgehead atoms. The molecule has 0 saturated carbocycles. The van der Waals surface area contributed by atoms with Crippen LogP contribution in [0.25, 0.3) is 0 Å². The molecule has 0 aliphatic carbocycles. The minimum absolute atomic E-state index is 0.257. The highest BCUT2D eigenvalue weighted by Crippen LogP contribution is 2.20. The lowest BCUT2D eigenvalue weighted by Crippen LogP contribution is -2.39. The van der Waals surface area contributed by atoms with Crippen LogP contribution in [0.2, 0.25) is 10.0 Å². The Hall–Kier alpha value is -0.810. The molecule has 0 amide bonds.